The van der Waals surface area contributed by atoms with E-state index in [2.05, 4.69) is 11.6 Å². The molecule has 4 unspecified atom stereocenters. The molecule has 2 saturated carbocycles. The Morgan fingerprint density at radius 3 is 2.59 bits per heavy atom. The zero-order chi connectivity index (χ0) is 12.5. The molecule has 2 aliphatic rings. The first-order valence-corrected chi connectivity index (χ1v) is 8.67. The van der Waals surface area contributed by atoms with Gasteiger partial charge in [0.05, 0.1) is 5.75 Å². The molecule has 2 fully saturated rings. The highest BCUT2D eigenvalue weighted by Gasteiger charge is 2.42. The maximum atomic E-state index is 11.9. The Bertz CT molecular complexity index is 352. The zero-order valence-electron chi connectivity index (χ0n) is 11.0. The van der Waals surface area contributed by atoms with Crippen molar-refractivity contribution >= 4 is 10.0 Å². The van der Waals surface area contributed by atoms with Crippen LogP contribution in [0, 0.1) is 17.8 Å². The van der Waals surface area contributed by atoms with E-state index < -0.39 is 10.0 Å². The summed E-state index contributed by atoms with van der Waals surface area (Å²) in [6.07, 6.45) is 6.96. The van der Waals surface area contributed by atoms with Gasteiger partial charge in [-0.25, -0.2) is 13.1 Å². The normalized spacial score (nSPS) is 34.1. The van der Waals surface area contributed by atoms with E-state index in [0.29, 0.717) is 5.92 Å². The maximum absolute atomic E-state index is 11.9. The Kier molecular flexibility index (Phi) is 4.14. The number of hydrogen-bond donors (Lipinski definition) is 1. The molecule has 0 amide bonds. The van der Waals surface area contributed by atoms with Crippen LogP contribution in [-0.2, 0) is 10.0 Å². The largest absolute Gasteiger partial charge is 0.212 e. The molecule has 2 rings (SSSR count). The lowest BCUT2D eigenvalue weighted by Crippen LogP contribution is -2.41. The molecule has 0 aromatic rings. The predicted molar refractivity (Wildman–Crippen MR) is 70.2 cm³/mol. The van der Waals surface area contributed by atoms with Gasteiger partial charge in [0.25, 0.3) is 0 Å². The van der Waals surface area contributed by atoms with E-state index in [0.717, 1.165) is 24.7 Å². The van der Waals surface area contributed by atoms with Gasteiger partial charge in [0, 0.05) is 6.04 Å². The van der Waals surface area contributed by atoms with Gasteiger partial charge in [-0.1, -0.05) is 19.8 Å². The zero-order valence-corrected chi connectivity index (χ0v) is 11.8. The molecule has 0 spiro atoms. The summed E-state index contributed by atoms with van der Waals surface area (Å²) in [4.78, 5) is 0. The quantitative estimate of drug-likeness (QED) is 0.796. The molecule has 17 heavy (non-hydrogen) atoms. The van der Waals surface area contributed by atoms with E-state index in [1.807, 2.05) is 6.92 Å². The van der Waals surface area contributed by atoms with E-state index in [1.165, 1.54) is 25.7 Å². The summed E-state index contributed by atoms with van der Waals surface area (Å²) >= 11 is 0. The molecule has 4 heteroatoms. The number of sulfonamides is 1. The summed E-state index contributed by atoms with van der Waals surface area (Å²) in [6.45, 7) is 4.07. The molecule has 0 saturated heterocycles. The third kappa shape index (κ3) is 3.22. The lowest BCUT2D eigenvalue weighted by molar-refractivity contribution is 0.280. The third-order valence-corrected chi connectivity index (χ3v) is 6.12. The molecule has 3 nitrogen and oxygen atoms in total. The second-order valence-corrected chi connectivity index (χ2v) is 7.79. The summed E-state index contributed by atoms with van der Waals surface area (Å²) in [7, 11) is -3.05. The van der Waals surface area contributed by atoms with E-state index in [1.54, 1.807) is 0 Å². The van der Waals surface area contributed by atoms with Gasteiger partial charge in [0.2, 0.25) is 10.0 Å². The average molecular weight is 259 g/mol. The van der Waals surface area contributed by atoms with Gasteiger partial charge < -0.3 is 0 Å². The number of hydrogen-bond acceptors (Lipinski definition) is 2. The second-order valence-electron chi connectivity index (χ2n) is 5.92. The second kappa shape index (κ2) is 5.27. The fourth-order valence-electron chi connectivity index (χ4n) is 3.67. The SMILES string of the molecule is CCCCS(=O)(=O)NC(C)C1CC2CCC1C2. The molecule has 0 heterocycles. The first kappa shape index (κ1) is 13.3. The Labute approximate surface area is 105 Å². The van der Waals surface area contributed by atoms with Crippen molar-refractivity contribution in [2.75, 3.05) is 5.75 Å². The number of nitrogens with one attached hydrogen (secondary N) is 1. The Morgan fingerprint density at radius 1 is 1.29 bits per heavy atom. The van der Waals surface area contributed by atoms with Crippen LogP contribution in [-0.4, -0.2) is 20.2 Å². The first-order chi connectivity index (χ1) is 8.02. The fourth-order valence-corrected chi connectivity index (χ4v) is 5.20. The van der Waals surface area contributed by atoms with E-state index in [9.17, 15) is 8.42 Å². The van der Waals surface area contributed by atoms with Crippen molar-refractivity contribution in [1.29, 1.82) is 0 Å². The van der Waals surface area contributed by atoms with Crippen LogP contribution < -0.4 is 4.72 Å². The van der Waals surface area contributed by atoms with E-state index in [-0.39, 0.29) is 11.8 Å². The smallest absolute Gasteiger partial charge is 0.211 e. The van der Waals surface area contributed by atoms with Crippen LogP contribution in [0.4, 0.5) is 0 Å². The van der Waals surface area contributed by atoms with Crippen LogP contribution in [0.5, 0.6) is 0 Å². The van der Waals surface area contributed by atoms with Crippen molar-refractivity contribution in [2.24, 2.45) is 17.8 Å². The molecule has 0 aliphatic heterocycles. The van der Waals surface area contributed by atoms with Crippen LogP contribution in [0.25, 0.3) is 0 Å². The van der Waals surface area contributed by atoms with Crippen LogP contribution in [0.2, 0.25) is 0 Å². The molecule has 1 N–H and O–H groups in total. The van der Waals surface area contributed by atoms with E-state index >= 15 is 0 Å². The summed E-state index contributed by atoms with van der Waals surface area (Å²) in [5.74, 6) is 2.54. The molecule has 4 atom stereocenters. The molecule has 2 aliphatic carbocycles. The molecule has 2 bridgehead atoms. The van der Waals surface area contributed by atoms with Crippen LogP contribution in [0.1, 0.15) is 52.4 Å². The van der Waals surface area contributed by atoms with Gasteiger partial charge in [0.15, 0.2) is 0 Å². The Hall–Kier alpha value is -0.0900. The monoisotopic (exact) mass is 259 g/mol. The van der Waals surface area contributed by atoms with Gasteiger partial charge in [-0.15, -0.1) is 0 Å². The van der Waals surface area contributed by atoms with Crippen molar-refractivity contribution in [3.05, 3.63) is 0 Å². The molecular weight excluding hydrogens is 234 g/mol. The fraction of sp³-hybridized carbons (Fsp3) is 1.00. The van der Waals surface area contributed by atoms with E-state index in [4.69, 9.17) is 0 Å². The Balaban J connectivity index is 1.86. The summed E-state index contributed by atoms with van der Waals surface area (Å²) in [6, 6.07) is 0.132. The molecular formula is C13H25NO2S. The minimum atomic E-state index is -3.05. The van der Waals surface area contributed by atoms with Gasteiger partial charge in [-0.05, 0) is 50.4 Å². The lowest BCUT2D eigenvalue weighted by atomic mass is 9.84. The van der Waals surface area contributed by atoms with Crippen molar-refractivity contribution in [3.8, 4) is 0 Å². The summed E-state index contributed by atoms with van der Waals surface area (Å²) in [5, 5.41) is 0. The topological polar surface area (TPSA) is 46.2 Å². The third-order valence-electron chi connectivity index (χ3n) is 4.57. The van der Waals surface area contributed by atoms with Crippen molar-refractivity contribution in [1.82, 2.24) is 4.72 Å². The molecule has 0 radical (unpaired) electrons. The Morgan fingerprint density at radius 2 is 2.06 bits per heavy atom. The van der Waals surface area contributed by atoms with Gasteiger partial charge in [-0.3, -0.25) is 0 Å². The highest BCUT2D eigenvalue weighted by atomic mass is 32.2. The minimum Gasteiger partial charge on any atom is -0.212 e. The standard InChI is InChI=1S/C13H25NO2S/c1-3-4-7-17(15,16)14-10(2)13-9-11-5-6-12(13)8-11/h10-14H,3-9H2,1-2H3. The molecule has 0 aromatic carbocycles. The minimum absolute atomic E-state index is 0.132. The molecule has 100 valence electrons. The van der Waals surface area contributed by atoms with Crippen molar-refractivity contribution in [3.63, 3.8) is 0 Å². The first-order valence-electron chi connectivity index (χ1n) is 7.02. The number of unbranched alkanes of at least 4 members (excludes halogenated alkanes) is 1. The van der Waals surface area contributed by atoms with Crippen molar-refractivity contribution in [2.45, 2.75) is 58.4 Å². The van der Waals surface area contributed by atoms with Gasteiger partial charge in [-0.2, -0.15) is 0 Å². The van der Waals surface area contributed by atoms with Gasteiger partial charge in [0.1, 0.15) is 0 Å². The maximum Gasteiger partial charge on any atom is 0.211 e. The number of rotatable bonds is 6. The van der Waals surface area contributed by atoms with Crippen LogP contribution >= 0.6 is 0 Å². The average Bonchev–Trinajstić information content (AvgIpc) is 2.87. The van der Waals surface area contributed by atoms with Gasteiger partial charge >= 0.3 is 0 Å². The molecule has 0 aromatic heterocycles. The lowest BCUT2D eigenvalue weighted by Gasteiger charge is -2.28. The number of fused-ring (bicyclic) bond motifs is 2. The van der Waals surface area contributed by atoms with Crippen molar-refractivity contribution < 1.29 is 8.42 Å². The summed E-state index contributed by atoms with van der Waals surface area (Å²) in [5.41, 5.74) is 0. The summed E-state index contributed by atoms with van der Waals surface area (Å²) < 4.78 is 26.6. The highest BCUT2D eigenvalue weighted by molar-refractivity contribution is 7.89. The highest BCUT2D eigenvalue weighted by Crippen LogP contribution is 2.49. The predicted octanol–water partition coefficient (Wildman–Crippen LogP) is 2.53. The van der Waals surface area contributed by atoms with Crippen LogP contribution in [0.3, 0.4) is 0 Å². The van der Waals surface area contributed by atoms with Crippen LogP contribution in [0.15, 0.2) is 0 Å².